The van der Waals surface area contributed by atoms with Crippen molar-refractivity contribution >= 4 is 0 Å². The second kappa shape index (κ2) is 5.94. The van der Waals surface area contributed by atoms with E-state index >= 15 is 0 Å². The monoisotopic (exact) mass is 276 g/mol. The van der Waals surface area contributed by atoms with Crippen molar-refractivity contribution in [2.75, 3.05) is 14.2 Å². The summed E-state index contributed by atoms with van der Waals surface area (Å²) >= 11 is 0. The maximum atomic E-state index is 5.75. The zero-order valence-electron chi connectivity index (χ0n) is 12.2. The smallest absolute Gasteiger partial charge is 0.124 e. The number of nitrogens with zero attached hydrogens (tertiary/aromatic N) is 2. The molecule has 0 aliphatic heterocycles. The predicted molar refractivity (Wildman–Crippen MR) is 76.7 cm³/mol. The number of nitrogens with two attached hydrogens (primary N) is 1. The largest absolute Gasteiger partial charge is 0.497 e. The van der Waals surface area contributed by atoms with Gasteiger partial charge in [0.2, 0.25) is 0 Å². The Morgan fingerprint density at radius 1 is 1.25 bits per heavy atom. The van der Waals surface area contributed by atoms with E-state index in [-0.39, 0.29) is 6.04 Å². The van der Waals surface area contributed by atoms with Gasteiger partial charge >= 0.3 is 0 Å². The van der Waals surface area contributed by atoms with E-state index in [4.69, 9.17) is 15.3 Å². The minimum atomic E-state index is -0.214. The Morgan fingerprint density at radius 3 is 2.50 bits per heavy atom. The van der Waals surface area contributed by atoms with Crippen LogP contribution in [0.5, 0.6) is 11.5 Å². The lowest BCUT2D eigenvalue weighted by Gasteiger charge is -2.19. The van der Waals surface area contributed by atoms with Crippen molar-refractivity contribution in [3.63, 3.8) is 0 Å². The van der Waals surface area contributed by atoms with Crippen LogP contribution in [-0.2, 0) is 7.05 Å². The molecule has 1 aromatic carbocycles. The first kappa shape index (κ1) is 14.4. The van der Waals surface area contributed by atoms with Gasteiger partial charge in [0.05, 0.1) is 26.0 Å². The molecule has 20 heavy (non-hydrogen) atoms. The van der Waals surface area contributed by atoms with Crippen LogP contribution in [0.2, 0.25) is 0 Å². The first-order chi connectivity index (χ1) is 9.60. The number of rotatable bonds is 5. The molecular weight excluding hydrogens is 256 g/mol. The third kappa shape index (κ3) is 2.61. The van der Waals surface area contributed by atoms with Crippen LogP contribution in [0.4, 0.5) is 0 Å². The van der Waals surface area contributed by atoms with Crippen LogP contribution in [0.3, 0.4) is 0 Å². The van der Waals surface area contributed by atoms with Gasteiger partial charge in [-0.2, -0.15) is 5.10 Å². The Balaban J connectivity index is 2.53. The van der Waals surface area contributed by atoms with E-state index in [1.165, 1.54) is 0 Å². The fraction of sp³-hybridized carbons (Fsp3) is 0.357. The SMILES string of the molecule is COc1ccc(OC)c(C(NN)c2cn(C)nc2C)c1. The van der Waals surface area contributed by atoms with Crippen molar-refractivity contribution in [3.8, 4) is 11.5 Å². The number of methoxy groups -OCH3 is 2. The van der Waals surface area contributed by atoms with Crippen LogP contribution in [0.15, 0.2) is 24.4 Å². The molecule has 1 heterocycles. The number of hydrogen-bond acceptors (Lipinski definition) is 5. The van der Waals surface area contributed by atoms with Gasteiger partial charge in [-0.15, -0.1) is 0 Å². The van der Waals surface area contributed by atoms with Crippen molar-refractivity contribution in [1.82, 2.24) is 15.2 Å². The van der Waals surface area contributed by atoms with E-state index in [1.807, 2.05) is 38.4 Å². The Morgan fingerprint density at radius 2 is 2.00 bits per heavy atom. The van der Waals surface area contributed by atoms with E-state index in [0.717, 1.165) is 28.3 Å². The average molecular weight is 276 g/mol. The van der Waals surface area contributed by atoms with Crippen LogP contribution in [0, 0.1) is 6.92 Å². The zero-order valence-corrected chi connectivity index (χ0v) is 12.2. The predicted octanol–water partition coefficient (Wildman–Crippen LogP) is 1.30. The molecule has 0 spiro atoms. The lowest BCUT2D eigenvalue weighted by atomic mass is 9.99. The molecule has 0 aliphatic rings. The molecule has 1 aromatic heterocycles. The molecule has 0 fully saturated rings. The lowest BCUT2D eigenvalue weighted by Crippen LogP contribution is -2.29. The molecule has 0 aliphatic carbocycles. The molecule has 0 saturated carbocycles. The van der Waals surface area contributed by atoms with Crippen LogP contribution >= 0.6 is 0 Å². The van der Waals surface area contributed by atoms with Gasteiger partial charge in [0.1, 0.15) is 11.5 Å². The highest BCUT2D eigenvalue weighted by Gasteiger charge is 2.21. The number of hydrazine groups is 1. The van der Waals surface area contributed by atoms with Crippen LogP contribution in [-0.4, -0.2) is 24.0 Å². The van der Waals surface area contributed by atoms with Crippen molar-refractivity contribution in [3.05, 3.63) is 41.2 Å². The zero-order chi connectivity index (χ0) is 14.7. The summed E-state index contributed by atoms with van der Waals surface area (Å²) in [6.45, 7) is 1.95. The molecule has 108 valence electrons. The molecule has 0 radical (unpaired) electrons. The summed E-state index contributed by atoms with van der Waals surface area (Å²) < 4.78 is 12.5. The summed E-state index contributed by atoms with van der Waals surface area (Å²) in [5, 5.41) is 4.35. The lowest BCUT2D eigenvalue weighted by molar-refractivity contribution is 0.394. The summed E-state index contributed by atoms with van der Waals surface area (Å²) in [6.07, 6.45) is 1.94. The summed E-state index contributed by atoms with van der Waals surface area (Å²) in [6, 6.07) is 5.42. The second-order valence-corrected chi connectivity index (χ2v) is 4.55. The third-order valence-electron chi connectivity index (χ3n) is 3.28. The number of hydrogen-bond donors (Lipinski definition) is 2. The highest BCUT2D eigenvalue weighted by molar-refractivity contribution is 5.46. The van der Waals surface area contributed by atoms with E-state index < -0.39 is 0 Å². The molecular formula is C14H20N4O2. The van der Waals surface area contributed by atoms with Gasteiger partial charge in [-0.25, -0.2) is 5.43 Å². The molecule has 0 bridgehead atoms. The molecule has 6 heteroatoms. The Hall–Kier alpha value is -2.05. The molecule has 3 N–H and O–H groups in total. The Labute approximate surface area is 118 Å². The van der Waals surface area contributed by atoms with Crippen molar-refractivity contribution in [2.45, 2.75) is 13.0 Å². The van der Waals surface area contributed by atoms with Gasteiger partial charge in [-0.05, 0) is 25.1 Å². The van der Waals surface area contributed by atoms with Gasteiger partial charge in [0.15, 0.2) is 0 Å². The Bertz CT molecular complexity index is 595. The minimum absolute atomic E-state index is 0.214. The van der Waals surface area contributed by atoms with Gasteiger partial charge in [0, 0.05) is 24.4 Å². The van der Waals surface area contributed by atoms with Gasteiger partial charge in [-0.1, -0.05) is 0 Å². The van der Waals surface area contributed by atoms with Gasteiger partial charge < -0.3 is 9.47 Å². The summed E-state index contributed by atoms with van der Waals surface area (Å²) in [5.41, 5.74) is 5.65. The fourth-order valence-corrected chi connectivity index (χ4v) is 2.31. The van der Waals surface area contributed by atoms with Crippen molar-refractivity contribution in [1.29, 1.82) is 0 Å². The topological polar surface area (TPSA) is 74.3 Å². The first-order valence-corrected chi connectivity index (χ1v) is 6.29. The van der Waals surface area contributed by atoms with Crippen LogP contribution in [0.1, 0.15) is 22.9 Å². The van der Waals surface area contributed by atoms with Crippen LogP contribution < -0.4 is 20.7 Å². The summed E-state index contributed by atoms with van der Waals surface area (Å²) in [7, 11) is 5.15. The molecule has 0 amide bonds. The van der Waals surface area contributed by atoms with Gasteiger partial charge in [0.25, 0.3) is 0 Å². The number of nitrogens with one attached hydrogen (secondary N) is 1. The number of aryl methyl sites for hydroxylation is 2. The Kier molecular flexibility index (Phi) is 4.26. The molecule has 2 rings (SSSR count). The summed E-state index contributed by atoms with van der Waals surface area (Å²) in [4.78, 5) is 0. The van der Waals surface area contributed by atoms with E-state index in [9.17, 15) is 0 Å². The molecule has 2 aromatic rings. The quantitative estimate of drug-likeness (QED) is 0.636. The molecule has 1 unspecified atom stereocenters. The molecule has 1 atom stereocenters. The van der Waals surface area contributed by atoms with Crippen LogP contribution in [0.25, 0.3) is 0 Å². The molecule has 6 nitrogen and oxygen atoms in total. The number of benzene rings is 1. The van der Waals surface area contributed by atoms with Crippen molar-refractivity contribution in [2.24, 2.45) is 12.9 Å². The third-order valence-corrected chi connectivity index (χ3v) is 3.28. The number of aromatic nitrogens is 2. The summed E-state index contributed by atoms with van der Waals surface area (Å²) in [5.74, 6) is 7.25. The normalized spacial score (nSPS) is 12.2. The standard InChI is InChI=1S/C14H20N4O2/c1-9-12(8-18(2)17-9)14(16-15)11-7-10(19-3)5-6-13(11)20-4/h5-8,14,16H,15H2,1-4H3. The number of ether oxygens (including phenoxy) is 2. The maximum absolute atomic E-state index is 5.75. The van der Waals surface area contributed by atoms with Gasteiger partial charge in [-0.3, -0.25) is 10.5 Å². The first-order valence-electron chi connectivity index (χ1n) is 6.29. The average Bonchev–Trinajstić information content (AvgIpc) is 2.78. The van der Waals surface area contributed by atoms with E-state index in [0.29, 0.717) is 0 Å². The highest BCUT2D eigenvalue weighted by atomic mass is 16.5. The maximum Gasteiger partial charge on any atom is 0.124 e. The minimum Gasteiger partial charge on any atom is -0.497 e. The second-order valence-electron chi connectivity index (χ2n) is 4.55. The van der Waals surface area contributed by atoms with E-state index in [1.54, 1.807) is 18.9 Å². The van der Waals surface area contributed by atoms with Crippen molar-refractivity contribution < 1.29 is 9.47 Å². The fourth-order valence-electron chi connectivity index (χ4n) is 2.31. The molecule has 0 saturated heterocycles. The highest BCUT2D eigenvalue weighted by Crippen LogP contribution is 2.33. The van der Waals surface area contributed by atoms with E-state index in [2.05, 4.69) is 10.5 Å².